The van der Waals surface area contributed by atoms with Crippen LogP contribution in [-0.4, -0.2) is 55.1 Å². The Morgan fingerprint density at radius 2 is 1.94 bits per heavy atom. The average molecular weight is 227 g/mol. The molecule has 0 aromatic carbocycles. The van der Waals surface area contributed by atoms with Crippen LogP contribution in [0.25, 0.3) is 0 Å². The molecule has 0 radical (unpaired) electrons. The van der Waals surface area contributed by atoms with Crippen molar-refractivity contribution >= 4 is 0 Å². The minimum Gasteiger partial charge on any atom is -0.330 e. The first kappa shape index (κ1) is 13.9. The zero-order valence-corrected chi connectivity index (χ0v) is 11.1. The molecule has 0 aliphatic carbocycles. The van der Waals surface area contributed by atoms with Crippen molar-refractivity contribution in [1.82, 2.24) is 9.80 Å². The molecule has 1 aliphatic rings. The van der Waals surface area contributed by atoms with Gasteiger partial charge in [0.2, 0.25) is 0 Å². The first-order valence-electron chi connectivity index (χ1n) is 6.94. The van der Waals surface area contributed by atoms with Gasteiger partial charge in [0, 0.05) is 19.1 Å². The van der Waals surface area contributed by atoms with Gasteiger partial charge in [-0.1, -0.05) is 6.92 Å². The highest BCUT2D eigenvalue weighted by atomic mass is 15.2. The summed E-state index contributed by atoms with van der Waals surface area (Å²) < 4.78 is 0. The molecule has 96 valence electrons. The summed E-state index contributed by atoms with van der Waals surface area (Å²) in [5.74, 6) is 0. The second-order valence-electron chi connectivity index (χ2n) is 4.98. The Morgan fingerprint density at radius 1 is 1.12 bits per heavy atom. The van der Waals surface area contributed by atoms with Gasteiger partial charge in [0.15, 0.2) is 0 Å². The molecule has 0 spiro atoms. The van der Waals surface area contributed by atoms with E-state index in [0.717, 1.165) is 12.6 Å². The topological polar surface area (TPSA) is 32.5 Å². The van der Waals surface area contributed by atoms with Gasteiger partial charge in [-0.3, -0.25) is 4.90 Å². The third-order valence-electron chi connectivity index (χ3n) is 3.77. The quantitative estimate of drug-likeness (QED) is 0.699. The molecule has 0 aromatic heterocycles. The Hall–Kier alpha value is -0.120. The maximum absolute atomic E-state index is 5.53. The van der Waals surface area contributed by atoms with E-state index >= 15 is 0 Å². The zero-order valence-electron chi connectivity index (χ0n) is 11.1. The van der Waals surface area contributed by atoms with E-state index in [4.69, 9.17) is 5.73 Å². The lowest BCUT2D eigenvalue weighted by Crippen LogP contribution is -2.36. The molecule has 1 rings (SSSR count). The highest BCUT2D eigenvalue weighted by Gasteiger charge is 2.17. The van der Waals surface area contributed by atoms with E-state index in [1.54, 1.807) is 0 Å². The summed E-state index contributed by atoms with van der Waals surface area (Å²) in [7, 11) is 0. The van der Waals surface area contributed by atoms with Gasteiger partial charge in [0.25, 0.3) is 0 Å². The van der Waals surface area contributed by atoms with E-state index in [0.29, 0.717) is 0 Å². The van der Waals surface area contributed by atoms with Crippen molar-refractivity contribution in [3.8, 4) is 0 Å². The Morgan fingerprint density at radius 3 is 2.62 bits per heavy atom. The first-order chi connectivity index (χ1) is 7.77. The third kappa shape index (κ3) is 4.81. The minimum absolute atomic E-state index is 0.754. The average Bonchev–Trinajstić information content (AvgIpc) is 2.54. The molecule has 0 saturated carbocycles. The van der Waals surface area contributed by atoms with Gasteiger partial charge >= 0.3 is 0 Å². The molecular formula is C13H29N3. The summed E-state index contributed by atoms with van der Waals surface area (Å²) >= 11 is 0. The molecule has 2 N–H and O–H groups in total. The van der Waals surface area contributed by atoms with Crippen molar-refractivity contribution in [3.63, 3.8) is 0 Å². The van der Waals surface area contributed by atoms with Gasteiger partial charge in [0.1, 0.15) is 0 Å². The van der Waals surface area contributed by atoms with Gasteiger partial charge in [-0.2, -0.15) is 0 Å². The molecule has 1 heterocycles. The highest BCUT2D eigenvalue weighted by molar-refractivity contribution is 4.73. The van der Waals surface area contributed by atoms with E-state index < -0.39 is 0 Å². The van der Waals surface area contributed by atoms with Crippen LogP contribution in [0.3, 0.4) is 0 Å². The van der Waals surface area contributed by atoms with Gasteiger partial charge in [-0.15, -0.1) is 0 Å². The van der Waals surface area contributed by atoms with Crippen LogP contribution in [0.2, 0.25) is 0 Å². The molecule has 16 heavy (non-hydrogen) atoms. The summed E-state index contributed by atoms with van der Waals surface area (Å²) in [6.07, 6.45) is 5.03. The second kappa shape index (κ2) is 8.04. The predicted octanol–water partition coefficient (Wildman–Crippen LogP) is 1.53. The maximum atomic E-state index is 5.53. The summed E-state index contributed by atoms with van der Waals surface area (Å²) in [6.45, 7) is 11.8. The van der Waals surface area contributed by atoms with Crippen LogP contribution in [-0.2, 0) is 0 Å². The smallest absolute Gasteiger partial charge is 0.0112 e. The monoisotopic (exact) mass is 227 g/mol. The molecule has 3 heteroatoms. The molecule has 1 saturated heterocycles. The van der Waals surface area contributed by atoms with Gasteiger partial charge in [-0.05, 0) is 58.8 Å². The van der Waals surface area contributed by atoms with Crippen LogP contribution in [0.4, 0.5) is 0 Å². The highest BCUT2D eigenvalue weighted by Crippen LogP contribution is 2.09. The molecule has 0 amide bonds. The fraction of sp³-hybridized carbons (Fsp3) is 1.00. The van der Waals surface area contributed by atoms with E-state index in [-0.39, 0.29) is 0 Å². The van der Waals surface area contributed by atoms with Crippen molar-refractivity contribution < 1.29 is 0 Å². The van der Waals surface area contributed by atoms with Crippen LogP contribution < -0.4 is 5.73 Å². The van der Waals surface area contributed by atoms with Crippen LogP contribution >= 0.6 is 0 Å². The van der Waals surface area contributed by atoms with Crippen molar-refractivity contribution in [2.75, 3.05) is 39.3 Å². The van der Waals surface area contributed by atoms with Crippen LogP contribution in [0.1, 0.15) is 39.5 Å². The number of nitrogens with zero attached hydrogens (tertiary/aromatic N) is 2. The fourth-order valence-corrected chi connectivity index (χ4v) is 2.39. The summed E-state index contributed by atoms with van der Waals surface area (Å²) in [6, 6.07) is 0.754. The molecule has 0 aromatic rings. The van der Waals surface area contributed by atoms with Crippen LogP contribution in [0, 0.1) is 0 Å². The number of rotatable bonds is 6. The summed E-state index contributed by atoms with van der Waals surface area (Å²) in [5, 5.41) is 0. The normalized spacial score (nSPS) is 21.9. The van der Waals surface area contributed by atoms with E-state index in [1.165, 1.54) is 58.4 Å². The largest absolute Gasteiger partial charge is 0.330 e. The van der Waals surface area contributed by atoms with Crippen LogP contribution in [0.15, 0.2) is 0 Å². The Bertz CT molecular complexity index is 173. The molecule has 1 atom stereocenters. The lowest BCUT2D eigenvalue weighted by molar-refractivity contribution is 0.204. The van der Waals surface area contributed by atoms with E-state index in [1.807, 2.05) is 0 Å². The lowest BCUT2D eigenvalue weighted by atomic mass is 10.2. The predicted molar refractivity (Wildman–Crippen MR) is 70.7 cm³/mol. The first-order valence-corrected chi connectivity index (χ1v) is 6.94. The Balaban J connectivity index is 2.23. The van der Waals surface area contributed by atoms with Crippen molar-refractivity contribution in [3.05, 3.63) is 0 Å². The second-order valence-corrected chi connectivity index (χ2v) is 4.98. The van der Waals surface area contributed by atoms with E-state index in [9.17, 15) is 0 Å². The van der Waals surface area contributed by atoms with E-state index in [2.05, 4.69) is 23.6 Å². The maximum Gasteiger partial charge on any atom is 0.0112 e. The molecule has 1 fully saturated rings. The van der Waals surface area contributed by atoms with Crippen molar-refractivity contribution in [1.29, 1.82) is 0 Å². The van der Waals surface area contributed by atoms with Gasteiger partial charge in [0.05, 0.1) is 0 Å². The summed E-state index contributed by atoms with van der Waals surface area (Å²) in [4.78, 5) is 5.25. The van der Waals surface area contributed by atoms with Crippen LogP contribution in [0.5, 0.6) is 0 Å². The van der Waals surface area contributed by atoms with Gasteiger partial charge in [-0.25, -0.2) is 0 Å². The third-order valence-corrected chi connectivity index (χ3v) is 3.77. The summed E-state index contributed by atoms with van der Waals surface area (Å²) in [5.41, 5.74) is 5.53. The molecule has 1 unspecified atom stereocenters. The number of nitrogens with two attached hydrogens (primary N) is 1. The minimum atomic E-state index is 0.754. The SMILES string of the molecule is CCC(C)N1CCCN(CCCCN)CC1. The molecule has 1 aliphatic heterocycles. The Labute approximate surface area is 101 Å². The van der Waals surface area contributed by atoms with Gasteiger partial charge < -0.3 is 10.6 Å². The number of hydrogen-bond acceptors (Lipinski definition) is 3. The molecular weight excluding hydrogens is 198 g/mol. The Kier molecular flexibility index (Phi) is 7.01. The molecule has 0 bridgehead atoms. The standard InChI is InChI=1S/C13H29N3/c1-3-13(2)16-10-6-9-15(11-12-16)8-5-4-7-14/h13H,3-12,14H2,1-2H3. The fourth-order valence-electron chi connectivity index (χ4n) is 2.39. The number of unbranched alkanes of at least 4 members (excludes halogenated alkanes) is 1. The van der Waals surface area contributed by atoms with Crippen molar-refractivity contribution in [2.24, 2.45) is 5.73 Å². The molecule has 3 nitrogen and oxygen atoms in total. The zero-order chi connectivity index (χ0) is 11.8. The number of hydrogen-bond donors (Lipinski definition) is 1. The lowest BCUT2D eigenvalue weighted by Gasteiger charge is -2.26. The van der Waals surface area contributed by atoms with Crippen molar-refractivity contribution in [2.45, 2.75) is 45.6 Å².